The van der Waals surface area contributed by atoms with Crippen LogP contribution in [0.3, 0.4) is 0 Å². The number of imidazole rings is 1. The zero-order valence-electron chi connectivity index (χ0n) is 23.7. The van der Waals surface area contributed by atoms with Crippen molar-refractivity contribution in [2.45, 2.75) is 66.7 Å². The first kappa shape index (κ1) is 32.0. The molecule has 3 aromatic rings. The Hall–Kier alpha value is -3.24. The normalized spacial score (nSPS) is 11.1. The van der Waals surface area contributed by atoms with Crippen LogP contribution in [-0.4, -0.2) is 47.1 Å². The highest BCUT2D eigenvalue weighted by atomic mass is 35.5. The Kier molecular flexibility index (Phi) is 13.1. The smallest absolute Gasteiger partial charge is 0.270 e. The highest BCUT2D eigenvalue weighted by molar-refractivity contribution is 6.39. The molecule has 0 aliphatic carbocycles. The molecule has 0 aromatic carbocycles. The fourth-order valence-corrected chi connectivity index (χ4v) is 3.97. The van der Waals surface area contributed by atoms with Crippen molar-refractivity contribution in [3.8, 4) is 5.75 Å². The highest BCUT2D eigenvalue weighted by Gasteiger charge is 2.20. The van der Waals surface area contributed by atoms with Crippen molar-refractivity contribution in [3.63, 3.8) is 0 Å². The van der Waals surface area contributed by atoms with Gasteiger partial charge >= 0.3 is 0 Å². The van der Waals surface area contributed by atoms with Crippen LogP contribution in [0.5, 0.6) is 5.75 Å². The lowest BCUT2D eigenvalue weighted by Crippen LogP contribution is -2.25. The van der Waals surface area contributed by atoms with Gasteiger partial charge in [-0.3, -0.25) is 19.2 Å². The second-order valence-corrected chi connectivity index (χ2v) is 8.78. The number of aliphatic imine (C=N–C) groups is 1. The van der Waals surface area contributed by atoms with Crippen LogP contribution in [0.1, 0.15) is 74.9 Å². The summed E-state index contributed by atoms with van der Waals surface area (Å²) in [5, 5.41) is 6.39. The monoisotopic (exact) mass is 555 g/mol. The molecule has 0 bridgehead atoms. The molecular formula is C28H38BClFN6O2. The van der Waals surface area contributed by atoms with E-state index in [4.69, 9.17) is 16.3 Å². The molecule has 8 nitrogen and oxygen atoms in total. The number of aryl methyl sites for hydroxylation is 1. The predicted octanol–water partition coefficient (Wildman–Crippen LogP) is 5.91. The number of hydrogen-bond donors (Lipinski definition) is 2. The lowest BCUT2D eigenvalue weighted by molar-refractivity contribution is 0.0944. The van der Waals surface area contributed by atoms with Crippen LogP contribution >= 0.6 is 11.6 Å². The van der Waals surface area contributed by atoms with E-state index in [0.29, 0.717) is 46.1 Å². The van der Waals surface area contributed by atoms with Crippen molar-refractivity contribution >= 4 is 42.0 Å². The van der Waals surface area contributed by atoms with Crippen molar-refractivity contribution in [2.75, 3.05) is 13.7 Å². The molecule has 0 fully saturated rings. The summed E-state index contributed by atoms with van der Waals surface area (Å²) in [5.41, 5.74) is 3.26. The average molecular weight is 556 g/mol. The summed E-state index contributed by atoms with van der Waals surface area (Å²) in [4.78, 5) is 26.3. The van der Waals surface area contributed by atoms with E-state index in [1.54, 1.807) is 16.7 Å². The number of methoxy groups -OCH3 is 1. The van der Waals surface area contributed by atoms with Gasteiger partial charge in [0.15, 0.2) is 5.82 Å². The Morgan fingerprint density at radius 2 is 2.03 bits per heavy atom. The van der Waals surface area contributed by atoms with E-state index in [0.717, 1.165) is 25.1 Å². The zero-order chi connectivity index (χ0) is 28.9. The van der Waals surface area contributed by atoms with Crippen molar-refractivity contribution in [3.05, 3.63) is 64.6 Å². The minimum atomic E-state index is -0.549. The van der Waals surface area contributed by atoms with Crippen molar-refractivity contribution in [2.24, 2.45) is 4.99 Å². The fourth-order valence-electron chi connectivity index (χ4n) is 3.74. The van der Waals surface area contributed by atoms with Gasteiger partial charge in [0.2, 0.25) is 7.41 Å². The Morgan fingerprint density at radius 1 is 1.28 bits per heavy atom. The molecule has 1 radical (unpaired) electrons. The number of nitrogens with zero attached hydrogens (tertiary/aromatic N) is 4. The molecule has 0 spiro atoms. The van der Waals surface area contributed by atoms with E-state index < -0.39 is 5.82 Å². The molecule has 0 unspecified atom stereocenters. The maximum absolute atomic E-state index is 14.9. The van der Waals surface area contributed by atoms with Gasteiger partial charge in [-0.15, -0.1) is 0 Å². The molecular weight excluding hydrogens is 518 g/mol. The summed E-state index contributed by atoms with van der Waals surface area (Å²) in [6, 6.07) is 3.01. The number of rotatable bonds is 13. The molecule has 0 saturated heterocycles. The summed E-state index contributed by atoms with van der Waals surface area (Å²) in [6.45, 7) is 14.9. The van der Waals surface area contributed by atoms with Gasteiger partial charge in [0.25, 0.3) is 5.91 Å². The molecule has 1 amide bonds. The number of halogens is 2. The first-order chi connectivity index (χ1) is 18.8. The van der Waals surface area contributed by atoms with Crippen molar-refractivity contribution in [1.29, 1.82) is 0 Å². The summed E-state index contributed by atoms with van der Waals surface area (Å²) in [7, 11) is 3.47. The molecule has 2 N–H and O–H groups in total. The number of ether oxygens (including phenoxy) is 1. The Morgan fingerprint density at radius 3 is 2.64 bits per heavy atom. The molecule has 0 saturated carbocycles. The van der Waals surface area contributed by atoms with E-state index in [-0.39, 0.29) is 23.8 Å². The standard InChI is InChI=1S/C26H32BClFN6O2.C2H6/c1-6-9-32-27-12-18(7-2)33-16(4)24-20(29)10-17(13-30-24)14-31-26(36)25-21(8-3)34-23-11-22(37-5)19(28)15-35(23)25;1-2/h10-11,13,15,32H,4,6-9,12,14H2,1-3,5H3,(H,31,36);1-2H3. The summed E-state index contributed by atoms with van der Waals surface area (Å²) in [6.07, 6.45) is 6.05. The lowest BCUT2D eigenvalue weighted by atomic mass is 9.85. The molecule has 0 aliphatic rings. The first-order valence-electron chi connectivity index (χ1n) is 13.3. The maximum atomic E-state index is 14.9. The molecule has 3 aromatic heterocycles. The van der Waals surface area contributed by atoms with Crippen molar-refractivity contribution < 1.29 is 13.9 Å². The first-order valence-corrected chi connectivity index (χ1v) is 13.7. The van der Waals surface area contributed by atoms with Gasteiger partial charge in [-0.2, -0.15) is 0 Å². The minimum absolute atomic E-state index is 0.0807. The van der Waals surface area contributed by atoms with Gasteiger partial charge in [-0.1, -0.05) is 52.8 Å². The third kappa shape index (κ3) is 8.37. The van der Waals surface area contributed by atoms with Crippen LogP contribution in [-0.2, 0) is 13.0 Å². The van der Waals surface area contributed by atoms with Gasteiger partial charge in [0.1, 0.15) is 22.8 Å². The fraction of sp³-hybridized carbons (Fsp3) is 0.429. The van der Waals surface area contributed by atoms with Gasteiger partial charge in [-0.25, -0.2) is 9.37 Å². The number of amides is 1. The maximum Gasteiger partial charge on any atom is 0.270 e. The number of fused-ring (bicyclic) bond motifs is 1. The van der Waals surface area contributed by atoms with Crippen LogP contribution in [0.25, 0.3) is 11.3 Å². The molecule has 0 aliphatic heterocycles. The topological polar surface area (TPSA) is 92.9 Å². The SMILES string of the molecule is C=C(N=C(CC)C[B]NCCC)c1ncc(CNC(=O)c2c(CC)nc3cc(OC)c(Cl)cn23)cc1F.CC. The Labute approximate surface area is 236 Å². The van der Waals surface area contributed by atoms with Crippen LogP contribution in [0.15, 0.2) is 36.1 Å². The van der Waals surface area contributed by atoms with Crippen LogP contribution in [0, 0.1) is 5.82 Å². The van der Waals surface area contributed by atoms with E-state index in [9.17, 15) is 9.18 Å². The second kappa shape index (κ2) is 16.0. The van der Waals surface area contributed by atoms with E-state index >= 15 is 0 Å². The third-order valence-corrected chi connectivity index (χ3v) is 6.00. The molecule has 3 heterocycles. The van der Waals surface area contributed by atoms with Crippen molar-refractivity contribution in [1.82, 2.24) is 24.9 Å². The summed E-state index contributed by atoms with van der Waals surface area (Å²) < 4.78 is 21.8. The summed E-state index contributed by atoms with van der Waals surface area (Å²) in [5.74, 6) is -0.435. The number of hydrogen-bond acceptors (Lipinski definition) is 6. The molecule has 0 atom stereocenters. The largest absolute Gasteiger partial charge is 0.495 e. The molecule has 3 rings (SSSR count). The molecule has 209 valence electrons. The summed E-state index contributed by atoms with van der Waals surface area (Å²) >= 11 is 6.27. The quantitative estimate of drug-likeness (QED) is 0.155. The highest BCUT2D eigenvalue weighted by Crippen LogP contribution is 2.27. The van der Waals surface area contributed by atoms with Gasteiger partial charge in [0, 0.05) is 30.7 Å². The lowest BCUT2D eigenvalue weighted by Gasteiger charge is -2.10. The van der Waals surface area contributed by atoms with Crippen LogP contribution in [0.4, 0.5) is 4.39 Å². The molecule has 11 heteroatoms. The Bertz CT molecular complexity index is 1310. The number of nitrogens with one attached hydrogen (secondary N) is 2. The van der Waals surface area contributed by atoms with E-state index in [1.807, 2.05) is 35.1 Å². The Balaban J connectivity index is 0.00000260. The van der Waals surface area contributed by atoms with E-state index in [1.165, 1.54) is 19.4 Å². The number of carbonyl (C=O) groups is 1. The van der Waals surface area contributed by atoms with Gasteiger partial charge in [0.05, 0.1) is 23.5 Å². The van der Waals surface area contributed by atoms with E-state index in [2.05, 4.69) is 39.0 Å². The van der Waals surface area contributed by atoms with Crippen LogP contribution in [0.2, 0.25) is 11.3 Å². The second-order valence-electron chi connectivity index (χ2n) is 8.38. The van der Waals surface area contributed by atoms with Gasteiger partial charge < -0.3 is 15.3 Å². The predicted molar refractivity (Wildman–Crippen MR) is 158 cm³/mol. The average Bonchev–Trinajstić information content (AvgIpc) is 3.31. The van der Waals surface area contributed by atoms with Gasteiger partial charge in [-0.05, 0) is 43.8 Å². The number of carbonyl (C=O) groups excluding carboxylic acids is 1. The van der Waals surface area contributed by atoms with Crippen LogP contribution < -0.4 is 15.3 Å². The number of pyridine rings is 2. The minimum Gasteiger partial charge on any atom is -0.495 e. The molecule has 39 heavy (non-hydrogen) atoms. The third-order valence-electron chi connectivity index (χ3n) is 5.72. The number of aromatic nitrogens is 3. The zero-order valence-corrected chi connectivity index (χ0v) is 24.5.